The van der Waals surface area contributed by atoms with Crippen molar-refractivity contribution in [3.63, 3.8) is 0 Å². The molecule has 8 rings (SSSR count). The van der Waals surface area contributed by atoms with E-state index < -0.39 is 0 Å². The normalized spacial score (nSPS) is 12.2. The van der Waals surface area contributed by atoms with Gasteiger partial charge in [0.1, 0.15) is 5.82 Å². The third-order valence-corrected chi connectivity index (χ3v) is 10.2. The van der Waals surface area contributed by atoms with Gasteiger partial charge in [-0.1, -0.05) is 75.7 Å². The molecule has 0 N–H and O–H groups in total. The molecule has 5 heteroatoms. The van der Waals surface area contributed by atoms with Crippen molar-refractivity contribution in [3.8, 4) is 22.6 Å². The van der Waals surface area contributed by atoms with E-state index in [4.69, 9.17) is 4.98 Å². The fraction of sp³-hybridized carbons (Fsp3) is 0.217. The van der Waals surface area contributed by atoms with Gasteiger partial charge in [-0.2, -0.15) is 35.9 Å². The maximum absolute atomic E-state index is 4.95. The van der Waals surface area contributed by atoms with E-state index in [9.17, 15) is 0 Å². The maximum atomic E-state index is 4.95. The number of fused-ring (bicyclic) bond motifs is 4. The molecule has 0 aliphatic heterocycles. The van der Waals surface area contributed by atoms with Crippen molar-refractivity contribution in [1.82, 2.24) is 18.7 Å². The number of hydrogen-bond donors (Lipinski definition) is 0. The molecule has 3 aromatic heterocycles. The largest absolute Gasteiger partial charge is 0.319 e. The van der Waals surface area contributed by atoms with Crippen LogP contribution in [-0.2, 0) is 32.0 Å². The van der Waals surface area contributed by atoms with E-state index in [0.29, 0.717) is 5.92 Å². The Morgan fingerprint density at radius 1 is 0.667 bits per heavy atom. The summed E-state index contributed by atoms with van der Waals surface area (Å²) >= 11 is 0. The molecular formula is C46H43N4Pt-. The summed E-state index contributed by atoms with van der Waals surface area (Å²) < 4.78 is 6.89. The summed E-state index contributed by atoms with van der Waals surface area (Å²) in [6.45, 7) is 15.8. The molecule has 258 valence electrons. The van der Waals surface area contributed by atoms with E-state index in [1.54, 1.807) is 0 Å². The molecule has 0 aliphatic rings. The Labute approximate surface area is 315 Å². The number of imidazole rings is 1. The SMILES string of the molecule is CC(C)c1ccccc1-c1ccnc(-n2c3[c-]c(C(C)(C)c4[c-]c(-n5[cH+]n(C(C)(C)C)c6ccccc65)ccc4)ccc3c3ccccc32)c1.[Pt]. The molecule has 0 radical (unpaired) electrons. The number of benzene rings is 5. The van der Waals surface area contributed by atoms with Crippen molar-refractivity contribution in [1.29, 1.82) is 0 Å². The number of pyridine rings is 1. The van der Waals surface area contributed by atoms with Crippen LogP contribution < -0.4 is 0 Å². The van der Waals surface area contributed by atoms with E-state index in [1.807, 2.05) is 6.20 Å². The zero-order valence-corrected chi connectivity index (χ0v) is 32.6. The molecule has 0 unspecified atom stereocenters. The molecule has 0 saturated heterocycles. The van der Waals surface area contributed by atoms with Gasteiger partial charge in [0.05, 0.1) is 5.54 Å². The number of aromatic nitrogens is 4. The minimum Gasteiger partial charge on any atom is -0.319 e. The topological polar surface area (TPSA) is 27.7 Å². The van der Waals surface area contributed by atoms with Crippen LogP contribution in [-0.4, -0.2) is 18.7 Å². The molecule has 0 amide bonds. The van der Waals surface area contributed by atoms with Crippen LogP contribution in [0, 0.1) is 12.1 Å². The molecule has 51 heavy (non-hydrogen) atoms. The van der Waals surface area contributed by atoms with Crippen molar-refractivity contribution in [2.24, 2.45) is 0 Å². The Bertz CT molecular complexity index is 2540. The van der Waals surface area contributed by atoms with Crippen LogP contribution in [0.4, 0.5) is 0 Å². The Morgan fingerprint density at radius 2 is 1.35 bits per heavy atom. The van der Waals surface area contributed by atoms with Crippen LogP contribution >= 0.6 is 0 Å². The van der Waals surface area contributed by atoms with Crippen molar-refractivity contribution >= 4 is 32.8 Å². The second-order valence-electron chi connectivity index (χ2n) is 15.2. The zero-order valence-electron chi connectivity index (χ0n) is 30.3. The molecule has 0 spiro atoms. The van der Waals surface area contributed by atoms with Gasteiger partial charge in [-0.15, -0.1) is 23.1 Å². The standard InChI is InChI=1S/C46H43N4.Pt/c1-31(2)36-17-8-9-18-37(36)32-25-26-47-44(27-32)50-40-20-11-10-19-38(40)39-24-23-34(29-43(39)50)46(6,7)33-15-14-16-35(28-33)48-30-49(45(3,4)5)42-22-13-12-21-41(42)48;/h8-27,30-31H,1-7H3;/q-1;. The summed E-state index contributed by atoms with van der Waals surface area (Å²) in [7, 11) is 0. The van der Waals surface area contributed by atoms with Crippen LogP contribution in [0.15, 0.2) is 128 Å². The van der Waals surface area contributed by atoms with Gasteiger partial charge in [-0.3, -0.25) is 0 Å². The number of para-hydroxylation sites is 3. The molecule has 3 heterocycles. The molecule has 0 saturated carbocycles. The van der Waals surface area contributed by atoms with E-state index in [0.717, 1.165) is 39.2 Å². The van der Waals surface area contributed by atoms with Crippen LogP contribution in [0.1, 0.15) is 71.1 Å². The third-order valence-electron chi connectivity index (χ3n) is 10.2. The van der Waals surface area contributed by atoms with Crippen LogP contribution in [0.5, 0.6) is 0 Å². The first-order valence-electron chi connectivity index (χ1n) is 17.6. The first kappa shape index (κ1) is 34.6. The average Bonchev–Trinajstić information content (AvgIpc) is 3.68. The summed E-state index contributed by atoms with van der Waals surface area (Å²) in [5.74, 6) is 1.30. The molecule has 0 atom stereocenters. The summed E-state index contributed by atoms with van der Waals surface area (Å²) in [6.07, 6.45) is 4.15. The number of rotatable bonds is 6. The van der Waals surface area contributed by atoms with Gasteiger partial charge in [0.15, 0.2) is 17.4 Å². The number of nitrogens with zero attached hydrogens (tertiary/aromatic N) is 4. The summed E-state index contributed by atoms with van der Waals surface area (Å²) in [5.41, 5.74) is 11.1. The quantitative estimate of drug-likeness (QED) is 0.153. The fourth-order valence-corrected chi connectivity index (χ4v) is 7.41. The summed E-state index contributed by atoms with van der Waals surface area (Å²) in [4.78, 5) is 4.95. The Hall–Kier alpha value is -4.79. The average molecular weight is 847 g/mol. The molecule has 0 aliphatic carbocycles. The van der Waals surface area contributed by atoms with Crippen molar-refractivity contribution < 1.29 is 21.1 Å². The van der Waals surface area contributed by atoms with E-state index in [2.05, 4.69) is 196 Å². The monoisotopic (exact) mass is 846 g/mol. The van der Waals surface area contributed by atoms with Gasteiger partial charge in [0.25, 0.3) is 0 Å². The predicted molar refractivity (Wildman–Crippen MR) is 209 cm³/mol. The van der Waals surface area contributed by atoms with Crippen LogP contribution in [0.25, 0.3) is 55.5 Å². The molecule has 5 aromatic carbocycles. The molecular weight excluding hydrogens is 804 g/mol. The maximum Gasteiger partial charge on any atom is 0.188 e. The first-order valence-corrected chi connectivity index (χ1v) is 17.6. The van der Waals surface area contributed by atoms with Crippen molar-refractivity contribution in [2.75, 3.05) is 0 Å². The molecule has 0 fully saturated rings. The third kappa shape index (κ3) is 5.94. The van der Waals surface area contributed by atoms with Gasteiger partial charge in [0, 0.05) is 50.6 Å². The molecule has 8 aromatic rings. The van der Waals surface area contributed by atoms with E-state index in [1.165, 1.54) is 33.0 Å². The van der Waals surface area contributed by atoms with E-state index in [-0.39, 0.29) is 32.0 Å². The molecule has 4 nitrogen and oxygen atoms in total. The first-order chi connectivity index (χ1) is 24.0. The zero-order chi connectivity index (χ0) is 34.8. The van der Waals surface area contributed by atoms with Crippen molar-refractivity contribution in [3.05, 3.63) is 157 Å². The minimum absolute atomic E-state index is 0. The smallest absolute Gasteiger partial charge is 0.188 e. The Kier molecular flexibility index (Phi) is 8.88. The van der Waals surface area contributed by atoms with Gasteiger partial charge in [0.2, 0.25) is 0 Å². The van der Waals surface area contributed by atoms with Gasteiger partial charge < -0.3 is 4.57 Å². The second-order valence-corrected chi connectivity index (χ2v) is 15.2. The number of hydrogen-bond acceptors (Lipinski definition) is 1. The van der Waals surface area contributed by atoms with Crippen molar-refractivity contribution in [2.45, 2.75) is 65.3 Å². The minimum atomic E-state index is -0.375. The predicted octanol–water partition coefficient (Wildman–Crippen LogP) is 11.7. The van der Waals surface area contributed by atoms with Crippen LogP contribution in [0.3, 0.4) is 0 Å². The summed E-state index contributed by atoms with van der Waals surface area (Å²) in [6, 6.07) is 49.0. The second kappa shape index (κ2) is 13.1. The van der Waals surface area contributed by atoms with E-state index >= 15 is 0 Å². The van der Waals surface area contributed by atoms with Crippen LogP contribution in [0.2, 0.25) is 0 Å². The fourth-order valence-electron chi connectivity index (χ4n) is 7.41. The van der Waals surface area contributed by atoms with Gasteiger partial charge >= 0.3 is 0 Å². The Morgan fingerprint density at radius 3 is 2.12 bits per heavy atom. The Balaban J connectivity index is 0.00000406. The van der Waals surface area contributed by atoms with Gasteiger partial charge in [-0.05, 0) is 84.5 Å². The van der Waals surface area contributed by atoms with Gasteiger partial charge in [-0.25, -0.2) is 14.1 Å². The summed E-state index contributed by atoms with van der Waals surface area (Å²) in [5, 5.41) is 2.36. The molecule has 0 bridgehead atoms.